The Morgan fingerprint density at radius 1 is 0.968 bits per heavy atom. The third kappa shape index (κ3) is 4.22. The van der Waals surface area contributed by atoms with Crippen LogP contribution in [0.4, 0.5) is 31.1 Å². The Morgan fingerprint density at radius 2 is 1.55 bits per heavy atom. The van der Waals surface area contributed by atoms with Gasteiger partial charge in [-0.05, 0) is 36.2 Å². The van der Waals surface area contributed by atoms with Gasteiger partial charge in [0.05, 0.1) is 23.8 Å². The monoisotopic (exact) mass is 446 g/mol. The summed E-state index contributed by atoms with van der Waals surface area (Å²) >= 11 is 0. The standard InChI is InChI=1S/C20H16F6N2O3/c1-18(11-6-8-12(9-7-11)19(21,22)23)16(30)28(17(31)27-18)10-15(29)13-4-2-3-5-14(13)20(24,25)26/h2-9,15,29H,10H2,1H3,(H,27,31)/t15-,18-/m0/s1. The molecule has 11 heteroatoms. The lowest BCUT2D eigenvalue weighted by Crippen LogP contribution is -2.41. The van der Waals surface area contributed by atoms with Crippen LogP contribution < -0.4 is 5.32 Å². The lowest BCUT2D eigenvalue weighted by molar-refractivity contribution is -0.139. The molecule has 2 atom stereocenters. The van der Waals surface area contributed by atoms with Gasteiger partial charge in [-0.2, -0.15) is 26.3 Å². The summed E-state index contributed by atoms with van der Waals surface area (Å²) in [5, 5.41) is 12.7. The van der Waals surface area contributed by atoms with Crippen molar-refractivity contribution in [1.29, 1.82) is 0 Å². The van der Waals surface area contributed by atoms with Crippen LogP contribution in [0.5, 0.6) is 0 Å². The van der Waals surface area contributed by atoms with Gasteiger partial charge in [0.15, 0.2) is 0 Å². The Labute approximate surface area is 172 Å². The van der Waals surface area contributed by atoms with Gasteiger partial charge in [0, 0.05) is 0 Å². The van der Waals surface area contributed by atoms with Crippen molar-refractivity contribution in [2.75, 3.05) is 6.54 Å². The molecule has 0 radical (unpaired) electrons. The third-order valence-corrected chi connectivity index (χ3v) is 5.05. The van der Waals surface area contributed by atoms with Gasteiger partial charge < -0.3 is 10.4 Å². The van der Waals surface area contributed by atoms with Gasteiger partial charge in [0.1, 0.15) is 5.54 Å². The summed E-state index contributed by atoms with van der Waals surface area (Å²) in [4.78, 5) is 25.7. The first-order valence-electron chi connectivity index (χ1n) is 8.91. The van der Waals surface area contributed by atoms with Crippen LogP contribution in [-0.4, -0.2) is 28.5 Å². The number of hydrogen-bond acceptors (Lipinski definition) is 3. The van der Waals surface area contributed by atoms with Crippen molar-refractivity contribution < 1.29 is 41.0 Å². The first kappa shape index (κ1) is 22.6. The summed E-state index contributed by atoms with van der Waals surface area (Å²) in [5.41, 5.74) is -4.28. The van der Waals surface area contributed by atoms with Crippen LogP contribution in [0.1, 0.15) is 35.3 Å². The second kappa shape index (κ2) is 7.56. The predicted molar refractivity (Wildman–Crippen MR) is 95.4 cm³/mol. The van der Waals surface area contributed by atoms with Crippen molar-refractivity contribution >= 4 is 11.9 Å². The van der Waals surface area contributed by atoms with E-state index in [1.54, 1.807) is 0 Å². The van der Waals surface area contributed by atoms with Crippen molar-refractivity contribution in [2.45, 2.75) is 30.9 Å². The number of alkyl halides is 6. The molecule has 31 heavy (non-hydrogen) atoms. The SMILES string of the molecule is C[C@@]1(c2ccc(C(F)(F)F)cc2)NC(=O)N(C[C@H](O)c2ccccc2C(F)(F)F)C1=O. The Hall–Kier alpha value is -3.08. The molecule has 2 N–H and O–H groups in total. The largest absolute Gasteiger partial charge is 0.416 e. The molecule has 0 aliphatic carbocycles. The first-order chi connectivity index (χ1) is 14.2. The van der Waals surface area contributed by atoms with Crippen LogP contribution in [0.25, 0.3) is 0 Å². The molecule has 1 aliphatic rings. The number of rotatable bonds is 4. The highest BCUT2D eigenvalue weighted by Crippen LogP contribution is 2.37. The van der Waals surface area contributed by atoms with Crippen LogP contribution in [-0.2, 0) is 22.7 Å². The topological polar surface area (TPSA) is 69.6 Å². The maximum Gasteiger partial charge on any atom is 0.416 e. The molecule has 5 nitrogen and oxygen atoms in total. The lowest BCUT2D eigenvalue weighted by atomic mass is 9.91. The van der Waals surface area contributed by atoms with E-state index in [1.165, 1.54) is 13.0 Å². The van der Waals surface area contributed by atoms with Crippen LogP contribution in [0.15, 0.2) is 48.5 Å². The minimum absolute atomic E-state index is 0.0477. The Balaban J connectivity index is 1.86. The number of aliphatic hydroxyl groups excluding tert-OH is 1. The number of carbonyl (C=O) groups is 2. The van der Waals surface area contributed by atoms with Gasteiger partial charge >= 0.3 is 18.4 Å². The zero-order valence-corrected chi connectivity index (χ0v) is 15.9. The highest BCUT2D eigenvalue weighted by molar-refractivity contribution is 6.07. The molecule has 2 aromatic carbocycles. The van der Waals surface area contributed by atoms with E-state index in [0.29, 0.717) is 4.90 Å². The van der Waals surface area contributed by atoms with Gasteiger partial charge in [-0.1, -0.05) is 30.3 Å². The van der Waals surface area contributed by atoms with E-state index in [0.717, 1.165) is 42.5 Å². The van der Waals surface area contributed by atoms with Crippen LogP contribution >= 0.6 is 0 Å². The van der Waals surface area contributed by atoms with Gasteiger partial charge in [-0.15, -0.1) is 0 Å². The molecular weight excluding hydrogens is 430 g/mol. The molecule has 0 saturated carbocycles. The summed E-state index contributed by atoms with van der Waals surface area (Å²) in [6.45, 7) is 0.486. The van der Waals surface area contributed by atoms with E-state index >= 15 is 0 Å². The molecule has 0 aromatic heterocycles. The molecule has 2 aromatic rings. The maximum absolute atomic E-state index is 13.2. The zero-order chi connectivity index (χ0) is 23.2. The van der Waals surface area contributed by atoms with E-state index in [-0.39, 0.29) is 5.56 Å². The van der Waals surface area contributed by atoms with Gasteiger partial charge in [-0.3, -0.25) is 9.69 Å². The molecule has 0 spiro atoms. The molecule has 1 heterocycles. The fourth-order valence-electron chi connectivity index (χ4n) is 3.37. The van der Waals surface area contributed by atoms with E-state index in [9.17, 15) is 41.0 Å². The van der Waals surface area contributed by atoms with Crippen molar-refractivity contribution in [2.24, 2.45) is 0 Å². The molecule has 0 bridgehead atoms. The van der Waals surface area contributed by atoms with Crippen LogP contribution in [0, 0.1) is 0 Å². The minimum atomic E-state index is -4.76. The number of nitrogens with zero attached hydrogens (tertiary/aromatic N) is 1. The Kier molecular flexibility index (Phi) is 5.51. The summed E-state index contributed by atoms with van der Waals surface area (Å²) in [6, 6.07) is 6.75. The van der Waals surface area contributed by atoms with Crippen molar-refractivity contribution in [3.63, 3.8) is 0 Å². The fraction of sp³-hybridized carbons (Fsp3) is 0.300. The number of β-amino-alcohol motifs (C(OH)–C–C–N with tert-alkyl or cyclic N) is 1. The minimum Gasteiger partial charge on any atom is -0.387 e. The first-order valence-corrected chi connectivity index (χ1v) is 8.91. The van der Waals surface area contributed by atoms with Crippen LogP contribution in [0.2, 0.25) is 0 Å². The summed E-state index contributed by atoms with van der Waals surface area (Å²) in [5.74, 6) is -0.916. The number of benzene rings is 2. The number of hydrogen-bond donors (Lipinski definition) is 2. The lowest BCUT2D eigenvalue weighted by Gasteiger charge is -2.24. The molecule has 3 amide bonds. The van der Waals surface area contributed by atoms with E-state index in [4.69, 9.17) is 0 Å². The summed E-state index contributed by atoms with van der Waals surface area (Å²) < 4.78 is 77.8. The summed E-state index contributed by atoms with van der Waals surface area (Å²) in [7, 11) is 0. The maximum atomic E-state index is 13.2. The van der Waals surface area contributed by atoms with E-state index in [2.05, 4.69) is 5.32 Å². The smallest absolute Gasteiger partial charge is 0.387 e. The molecule has 1 fully saturated rings. The molecule has 1 saturated heterocycles. The van der Waals surface area contributed by atoms with Gasteiger partial charge in [-0.25, -0.2) is 4.79 Å². The van der Waals surface area contributed by atoms with Gasteiger partial charge in [0.25, 0.3) is 5.91 Å². The van der Waals surface area contributed by atoms with Crippen LogP contribution in [0.3, 0.4) is 0 Å². The van der Waals surface area contributed by atoms with Crippen molar-refractivity contribution in [3.8, 4) is 0 Å². The second-order valence-electron chi connectivity index (χ2n) is 7.15. The van der Waals surface area contributed by atoms with E-state index < -0.39 is 59.2 Å². The molecule has 3 rings (SSSR count). The number of imide groups is 1. The predicted octanol–water partition coefficient (Wildman–Crippen LogP) is 4.22. The Bertz CT molecular complexity index is 1000. The molecule has 0 unspecified atom stereocenters. The molecular formula is C20H16F6N2O3. The third-order valence-electron chi connectivity index (χ3n) is 5.05. The van der Waals surface area contributed by atoms with Gasteiger partial charge in [0.2, 0.25) is 0 Å². The fourth-order valence-corrected chi connectivity index (χ4v) is 3.37. The van der Waals surface area contributed by atoms with E-state index in [1.807, 2.05) is 0 Å². The zero-order valence-electron chi connectivity index (χ0n) is 15.9. The average Bonchev–Trinajstić information content (AvgIpc) is 2.90. The number of carbonyl (C=O) groups excluding carboxylic acids is 2. The number of halogens is 6. The average molecular weight is 446 g/mol. The Morgan fingerprint density at radius 3 is 2.10 bits per heavy atom. The summed E-state index contributed by atoms with van der Waals surface area (Å²) in [6.07, 6.45) is -11.2. The highest BCUT2D eigenvalue weighted by Gasteiger charge is 2.50. The number of nitrogens with one attached hydrogen (secondary N) is 1. The van der Waals surface area contributed by atoms with Crippen molar-refractivity contribution in [3.05, 3.63) is 70.8 Å². The molecule has 166 valence electrons. The second-order valence-corrected chi connectivity index (χ2v) is 7.15. The normalized spacial score (nSPS) is 20.7. The molecule has 1 aliphatic heterocycles. The highest BCUT2D eigenvalue weighted by atomic mass is 19.4. The number of amides is 3. The van der Waals surface area contributed by atoms with Crippen molar-refractivity contribution in [1.82, 2.24) is 10.2 Å². The quantitative estimate of drug-likeness (QED) is 0.546. The number of urea groups is 1. The number of aliphatic hydroxyl groups is 1.